The van der Waals surface area contributed by atoms with E-state index in [1.165, 1.54) is 5.56 Å². The molecule has 3 aromatic carbocycles. The van der Waals surface area contributed by atoms with Crippen LogP contribution in [0.15, 0.2) is 66.7 Å². The molecule has 0 radical (unpaired) electrons. The van der Waals surface area contributed by atoms with Crippen molar-refractivity contribution in [1.82, 2.24) is 4.90 Å². The lowest BCUT2D eigenvalue weighted by atomic mass is 9.90. The first kappa shape index (κ1) is 26.7. The highest BCUT2D eigenvalue weighted by molar-refractivity contribution is 7.80. The zero-order valence-corrected chi connectivity index (χ0v) is 22.8. The summed E-state index contributed by atoms with van der Waals surface area (Å²) in [5.41, 5.74) is 5.32. The van der Waals surface area contributed by atoms with Gasteiger partial charge in [0.05, 0.1) is 6.61 Å². The summed E-state index contributed by atoms with van der Waals surface area (Å²) in [6.45, 7) is 8.24. The van der Waals surface area contributed by atoms with Crippen LogP contribution in [0.3, 0.4) is 0 Å². The maximum atomic E-state index is 12.5. The molecular weight excluding hydrogens is 480 g/mol. The molecule has 1 aliphatic heterocycles. The third kappa shape index (κ3) is 7.10. The largest absolute Gasteiger partial charge is 0.490 e. The number of hydrogen-bond donors (Lipinski definition) is 1. The number of rotatable bonds is 9. The Labute approximate surface area is 225 Å². The summed E-state index contributed by atoms with van der Waals surface area (Å²) in [5.74, 6) is 1.60. The predicted molar refractivity (Wildman–Crippen MR) is 154 cm³/mol. The SMILES string of the molecule is CCOc1cc(C(=S)N2CCC(Cc3ccccc3)CC2)ccc1OCC(=O)Nc1cccc(C)c1C. The number of ether oxygens (including phenoxy) is 2. The van der Waals surface area contributed by atoms with Gasteiger partial charge in [-0.25, -0.2) is 0 Å². The summed E-state index contributed by atoms with van der Waals surface area (Å²) in [4.78, 5) is 15.7. The second-order valence-corrected chi connectivity index (χ2v) is 9.99. The molecule has 0 spiro atoms. The van der Waals surface area contributed by atoms with Crippen LogP contribution in [-0.2, 0) is 11.2 Å². The molecule has 6 heteroatoms. The molecule has 1 amide bonds. The molecule has 5 nitrogen and oxygen atoms in total. The van der Waals surface area contributed by atoms with Crippen LogP contribution in [0.25, 0.3) is 0 Å². The van der Waals surface area contributed by atoms with Gasteiger partial charge >= 0.3 is 0 Å². The molecule has 37 heavy (non-hydrogen) atoms. The van der Waals surface area contributed by atoms with Crippen LogP contribution in [0, 0.1) is 19.8 Å². The van der Waals surface area contributed by atoms with Crippen molar-refractivity contribution in [2.24, 2.45) is 5.92 Å². The Morgan fingerprint density at radius 1 is 0.973 bits per heavy atom. The number of nitrogens with one attached hydrogen (secondary N) is 1. The fourth-order valence-corrected chi connectivity index (χ4v) is 5.02. The van der Waals surface area contributed by atoms with E-state index < -0.39 is 0 Å². The highest BCUT2D eigenvalue weighted by Crippen LogP contribution is 2.30. The van der Waals surface area contributed by atoms with E-state index in [0.717, 1.165) is 59.7 Å². The number of amides is 1. The van der Waals surface area contributed by atoms with Gasteiger partial charge in [0.15, 0.2) is 18.1 Å². The highest BCUT2D eigenvalue weighted by atomic mass is 32.1. The number of thiocarbonyl (C=S) groups is 1. The van der Waals surface area contributed by atoms with Crippen LogP contribution in [-0.4, -0.2) is 42.1 Å². The second kappa shape index (κ2) is 12.7. The van der Waals surface area contributed by atoms with E-state index >= 15 is 0 Å². The Kier molecular flexibility index (Phi) is 9.18. The summed E-state index contributed by atoms with van der Waals surface area (Å²) in [6.07, 6.45) is 3.38. The molecule has 0 unspecified atom stereocenters. The Morgan fingerprint density at radius 2 is 1.73 bits per heavy atom. The van der Waals surface area contributed by atoms with Crippen molar-refractivity contribution in [2.45, 2.75) is 40.0 Å². The van der Waals surface area contributed by atoms with Gasteiger partial charge in [0, 0.05) is 24.3 Å². The van der Waals surface area contributed by atoms with Crippen LogP contribution in [0.1, 0.15) is 42.0 Å². The molecule has 194 valence electrons. The minimum absolute atomic E-state index is 0.105. The van der Waals surface area contributed by atoms with E-state index in [4.69, 9.17) is 21.7 Å². The number of benzene rings is 3. The zero-order valence-electron chi connectivity index (χ0n) is 22.0. The lowest BCUT2D eigenvalue weighted by molar-refractivity contribution is -0.118. The standard InChI is InChI=1S/C31H36N2O3S/c1-4-35-29-20-26(31(37)33-17-15-25(16-18-33)19-24-10-6-5-7-11-24)13-14-28(29)36-21-30(34)32-27-12-8-9-22(2)23(27)3/h5-14,20,25H,4,15-19,21H2,1-3H3,(H,32,34). The van der Waals surface area contributed by atoms with Crippen LogP contribution in [0.5, 0.6) is 11.5 Å². The number of piperidine rings is 1. The molecule has 1 fully saturated rings. The summed E-state index contributed by atoms with van der Waals surface area (Å²) in [6, 6.07) is 22.3. The molecule has 1 N–H and O–H groups in total. The predicted octanol–water partition coefficient (Wildman–Crippen LogP) is 6.35. The van der Waals surface area contributed by atoms with Crippen molar-refractivity contribution < 1.29 is 14.3 Å². The number of carbonyl (C=O) groups excluding carboxylic acids is 1. The maximum absolute atomic E-state index is 12.5. The Balaban J connectivity index is 1.34. The third-order valence-corrected chi connectivity index (χ3v) is 7.49. The van der Waals surface area contributed by atoms with E-state index in [2.05, 4.69) is 40.5 Å². The van der Waals surface area contributed by atoms with Crippen LogP contribution >= 0.6 is 12.2 Å². The van der Waals surface area contributed by atoms with Gasteiger partial charge in [0.25, 0.3) is 5.91 Å². The summed E-state index contributed by atoms with van der Waals surface area (Å²) in [7, 11) is 0. The fraction of sp³-hybridized carbons (Fsp3) is 0.355. The molecular formula is C31H36N2O3S. The number of carbonyl (C=O) groups is 1. The Bertz CT molecular complexity index is 1220. The first-order valence-electron chi connectivity index (χ1n) is 13.0. The lowest BCUT2D eigenvalue weighted by Crippen LogP contribution is -2.38. The van der Waals surface area contributed by atoms with Crippen molar-refractivity contribution in [2.75, 3.05) is 31.6 Å². The van der Waals surface area contributed by atoms with Crippen molar-refractivity contribution in [3.63, 3.8) is 0 Å². The normalized spacial score (nSPS) is 13.8. The van der Waals surface area contributed by atoms with Gasteiger partial charge in [-0.05, 0) is 86.9 Å². The molecule has 1 aliphatic rings. The van der Waals surface area contributed by atoms with E-state index in [1.807, 2.05) is 57.2 Å². The van der Waals surface area contributed by atoms with Gasteiger partial charge in [0.2, 0.25) is 0 Å². The van der Waals surface area contributed by atoms with E-state index in [1.54, 1.807) is 0 Å². The smallest absolute Gasteiger partial charge is 0.262 e. The molecule has 3 aromatic rings. The first-order valence-corrected chi connectivity index (χ1v) is 13.4. The van der Waals surface area contributed by atoms with Gasteiger partial charge in [-0.15, -0.1) is 0 Å². The van der Waals surface area contributed by atoms with E-state index in [0.29, 0.717) is 24.0 Å². The Hall–Kier alpha value is -3.38. The summed E-state index contributed by atoms with van der Waals surface area (Å²) in [5, 5.41) is 2.93. The van der Waals surface area contributed by atoms with Crippen molar-refractivity contribution in [3.05, 3.63) is 89.0 Å². The Morgan fingerprint density at radius 3 is 2.46 bits per heavy atom. The second-order valence-electron chi connectivity index (χ2n) is 9.60. The molecule has 0 atom stereocenters. The van der Waals surface area contributed by atoms with Crippen LogP contribution in [0.4, 0.5) is 5.69 Å². The third-order valence-electron chi connectivity index (χ3n) is 7.00. The molecule has 0 aromatic heterocycles. The first-order chi connectivity index (χ1) is 17.9. The summed E-state index contributed by atoms with van der Waals surface area (Å²) >= 11 is 5.86. The van der Waals surface area contributed by atoms with Crippen molar-refractivity contribution in [3.8, 4) is 11.5 Å². The topological polar surface area (TPSA) is 50.8 Å². The van der Waals surface area contributed by atoms with Gasteiger partial charge < -0.3 is 19.7 Å². The number of aryl methyl sites for hydroxylation is 1. The number of likely N-dealkylation sites (tertiary alicyclic amines) is 1. The van der Waals surface area contributed by atoms with Gasteiger partial charge in [-0.1, -0.05) is 54.7 Å². The maximum Gasteiger partial charge on any atom is 0.262 e. The van der Waals surface area contributed by atoms with E-state index in [9.17, 15) is 4.79 Å². The average Bonchev–Trinajstić information content (AvgIpc) is 2.91. The molecule has 0 bridgehead atoms. The van der Waals surface area contributed by atoms with E-state index in [-0.39, 0.29) is 12.5 Å². The summed E-state index contributed by atoms with van der Waals surface area (Å²) < 4.78 is 11.7. The van der Waals surface area contributed by atoms with Gasteiger partial charge in [0.1, 0.15) is 4.99 Å². The lowest BCUT2D eigenvalue weighted by Gasteiger charge is -2.34. The van der Waals surface area contributed by atoms with Gasteiger partial charge in [-0.2, -0.15) is 0 Å². The molecule has 0 aliphatic carbocycles. The van der Waals surface area contributed by atoms with Crippen molar-refractivity contribution in [1.29, 1.82) is 0 Å². The minimum atomic E-state index is -0.214. The number of nitrogens with zero attached hydrogens (tertiary/aromatic N) is 1. The quantitative estimate of drug-likeness (QED) is 0.336. The zero-order chi connectivity index (χ0) is 26.2. The average molecular weight is 517 g/mol. The monoisotopic (exact) mass is 516 g/mol. The molecule has 0 saturated carbocycles. The van der Waals surface area contributed by atoms with Crippen LogP contribution in [0.2, 0.25) is 0 Å². The van der Waals surface area contributed by atoms with Crippen LogP contribution < -0.4 is 14.8 Å². The fourth-order valence-electron chi connectivity index (χ4n) is 4.71. The number of anilines is 1. The van der Waals surface area contributed by atoms with Crippen molar-refractivity contribution >= 4 is 28.8 Å². The highest BCUT2D eigenvalue weighted by Gasteiger charge is 2.22. The minimum Gasteiger partial charge on any atom is -0.490 e. The molecule has 4 rings (SSSR count). The van der Waals surface area contributed by atoms with Gasteiger partial charge in [-0.3, -0.25) is 4.79 Å². The number of hydrogen-bond acceptors (Lipinski definition) is 4. The molecule has 1 heterocycles. The molecule has 1 saturated heterocycles.